The van der Waals surface area contributed by atoms with Gasteiger partial charge in [0.25, 0.3) is 0 Å². The summed E-state index contributed by atoms with van der Waals surface area (Å²) in [5.41, 5.74) is 1.12. The average Bonchev–Trinajstić information content (AvgIpc) is 2.83. The summed E-state index contributed by atoms with van der Waals surface area (Å²) < 4.78 is 11.0. The molecule has 0 aliphatic carbocycles. The third kappa shape index (κ3) is 3.95. The second-order valence-electron chi connectivity index (χ2n) is 4.44. The predicted octanol–water partition coefficient (Wildman–Crippen LogP) is 4.44. The van der Waals surface area contributed by atoms with Crippen molar-refractivity contribution in [1.29, 1.82) is 0 Å². The van der Waals surface area contributed by atoms with Crippen LogP contribution in [0.2, 0.25) is 0 Å². The highest BCUT2D eigenvalue weighted by atomic mass is 79.9. The number of hydrogen-bond acceptors (Lipinski definition) is 5. The van der Waals surface area contributed by atoms with Gasteiger partial charge in [0.2, 0.25) is 0 Å². The van der Waals surface area contributed by atoms with Gasteiger partial charge in [-0.25, -0.2) is 4.79 Å². The lowest BCUT2D eigenvalue weighted by Crippen LogP contribution is -2.00. The molecule has 0 spiro atoms. The summed E-state index contributed by atoms with van der Waals surface area (Å²) in [6.45, 7) is 4.27. The van der Waals surface area contributed by atoms with E-state index < -0.39 is 5.97 Å². The van der Waals surface area contributed by atoms with Crippen LogP contribution in [0.5, 0.6) is 5.75 Å². The van der Waals surface area contributed by atoms with Gasteiger partial charge in [-0.2, -0.15) is 0 Å². The van der Waals surface area contributed by atoms with E-state index in [0.29, 0.717) is 16.5 Å². The lowest BCUT2D eigenvalue weighted by Gasteiger charge is -2.12. The van der Waals surface area contributed by atoms with Crippen molar-refractivity contribution in [2.75, 3.05) is 21.3 Å². The smallest absolute Gasteiger partial charge is 0.351 e. The Labute approximate surface area is 138 Å². The first-order chi connectivity index (χ1) is 10.0. The molecule has 0 aliphatic rings. The number of aliphatic imine (C=N–C) groups is 1. The summed E-state index contributed by atoms with van der Waals surface area (Å²) in [5, 5.41) is 0. The number of nitrogens with zero attached hydrogens (tertiary/aromatic N) is 1. The number of methoxy groups -OCH3 is 2. The third-order valence-electron chi connectivity index (χ3n) is 3.19. The molecule has 21 heavy (non-hydrogen) atoms. The van der Waals surface area contributed by atoms with E-state index in [0.717, 1.165) is 21.3 Å². The zero-order chi connectivity index (χ0) is 16.0. The first-order valence-corrected chi connectivity index (χ1v) is 8.19. The average molecular weight is 374 g/mol. The van der Waals surface area contributed by atoms with E-state index in [2.05, 4.69) is 34.8 Å². The maximum Gasteiger partial charge on any atom is 0.351 e. The fourth-order valence-electron chi connectivity index (χ4n) is 1.83. The van der Waals surface area contributed by atoms with Crippen LogP contribution >= 0.6 is 27.3 Å². The van der Waals surface area contributed by atoms with Crippen molar-refractivity contribution in [1.82, 2.24) is 0 Å². The summed E-state index contributed by atoms with van der Waals surface area (Å²) in [6.07, 6.45) is 4.73. The van der Waals surface area contributed by atoms with Gasteiger partial charge in [-0.1, -0.05) is 13.8 Å². The highest BCUT2D eigenvalue weighted by Gasteiger charge is 2.26. The number of ether oxygens (including phenoxy) is 2. The number of carbonyl (C=O) groups excluding carboxylic acids is 1. The molecule has 1 heterocycles. The lowest BCUT2D eigenvalue weighted by molar-refractivity contribution is 0.0603. The summed E-state index contributed by atoms with van der Waals surface area (Å²) in [6, 6.07) is 0. The molecule has 0 saturated carbocycles. The molecule has 0 bridgehead atoms. The molecule has 1 aromatic rings. The minimum Gasteiger partial charge on any atom is -0.494 e. The number of esters is 1. The summed E-state index contributed by atoms with van der Waals surface area (Å²) in [7, 11) is 4.64. The molecule has 0 fully saturated rings. The van der Waals surface area contributed by atoms with Crippen LogP contribution in [0, 0.1) is 5.92 Å². The quantitative estimate of drug-likeness (QED) is 0.547. The number of allylic oxidation sites excluding steroid dienone is 2. The van der Waals surface area contributed by atoms with Crippen molar-refractivity contribution in [2.24, 2.45) is 10.9 Å². The van der Waals surface area contributed by atoms with Gasteiger partial charge in [0.15, 0.2) is 10.6 Å². The van der Waals surface area contributed by atoms with Crippen molar-refractivity contribution in [2.45, 2.75) is 20.3 Å². The number of thiophene rings is 1. The topological polar surface area (TPSA) is 47.9 Å². The summed E-state index contributed by atoms with van der Waals surface area (Å²) in [4.78, 5) is 17.3. The Morgan fingerprint density at radius 1 is 1.43 bits per heavy atom. The lowest BCUT2D eigenvalue weighted by atomic mass is 9.97. The van der Waals surface area contributed by atoms with E-state index in [4.69, 9.17) is 9.47 Å². The van der Waals surface area contributed by atoms with Crippen molar-refractivity contribution in [3.8, 4) is 5.75 Å². The van der Waals surface area contributed by atoms with Crippen LogP contribution in [0.1, 0.15) is 34.8 Å². The molecule has 0 aromatic carbocycles. The standard InChI is InChI=1S/C15H20BrNO3S/c1-6-9(2)10(7-8-17-3)13-11(16)12(19-4)14(21-13)15(18)20-5/h7-9H,6H2,1-5H3/b10-7+,17-8?/t9-/m1/s1. The molecule has 4 nitrogen and oxygen atoms in total. The molecule has 0 saturated heterocycles. The van der Waals surface area contributed by atoms with Crippen molar-refractivity contribution < 1.29 is 14.3 Å². The van der Waals surface area contributed by atoms with E-state index in [1.807, 2.05) is 6.08 Å². The zero-order valence-electron chi connectivity index (χ0n) is 12.9. The van der Waals surface area contributed by atoms with Crippen LogP contribution in [0.15, 0.2) is 15.5 Å². The van der Waals surface area contributed by atoms with Crippen LogP contribution in [0.4, 0.5) is 0 Å². The Morgan fingerprint density at radius 3 is 2.57 bits per heavy atom. The van der Waals surface area contributed by atoms with E-state index in [1.165, 1.54) is 18.4 Å². The molecule has 0 aliphatic heterocycles. The third-order valence-corrected chi connectivity index (χ3v) is 5.41. The minimum atomic E-state index is -0.392. The van der Waals surface area contributed by atoms with Gasteiger partial charge < -0.3 is 9.47 Å². The first kappa shape index (κ1) is 17.9. The van der Waals surface area contributed by atoms with Crippen LogP contribution in [0.3, 0.4) is 0 Å². The van der Waals surface area contributed by atoms with Crippen molar-refractivity contribution in [3.05, 3.63) is 20.3 Å². The highest BCUT2D eigenvalue weighted by Crippen LogP contribution is 2.45. The normalized spacial score (nSPS) is 13.5. The molecular weight excluding hydrogens is 354 g/mol. The minimum absolute atomic E-state index is 0.341. The van der Waals surface area contributed by atoms with E-state index in [9.17, 15) is 4.79 Å². The van der Waals surface area contributed by atoms with E-state index >= 15 is 0 Å². The Bertz CT molecular complexity index is 564. The number of hydrogen-bond donors (Lipinski definition) is 0. The fourth-order valence-corrected chi connectivity index (χ4v) is 4.01. The second kappa shape index (κ2) is 8.34. The molecule has 1 rings (SSSR count). The van der Waals surface area contributed by atoms with Gasteiger partial charge in [-0.15, -0.1) is 11.3 Å². The molecule has 0 radical (unpaired) electrons. The summed E-state index contributed by atoms with van der Waals surface area (Å²) in [5.74, 6) is 0.467. The van der Waals surface area contributed by atoms with Gasteiger partial charge >= 0.3 is 5.97 Å². The first-order valence-electron chi connectivity index (χ1n) is 6.58. The molecule has 1 aromatic heterocycles. The van der Waals surface area contributed by atoms with Crippen molar-refractivity contribution in [3.63, 3.8) is 0 Å². The SMILES string of the molecule is CC[C@@H](C)/C(=C\C=NC)c1sc(C(=O)OC)c(OC)c1Br. The monoisotopic (exact) mass is 373 g/mol. The molecule has 0 unspecified atom stereocenters. The maximum absolute atomic E-state index is 11.9. The number of rotatable bonds is 6. The predicted molar refractivity (Wildman–Crippen MR) is 91.8 cm³/mol. The molecule has 1 atom stereocenters. The zero-order valence-corrected chi connectivity index (χ0v) is 15.3. The van der Waals surface area contributed by atoms with Gasteiger partial charge in [-0.05, 0) is 39.9 Å². The van der Waals surface area contributed by atoms with Crippen LogP contribution < -0.4 is 4.74 Å². The molecule has 6 heteroatoms. The Hall–Kier alpha value is -1.14. The maximum atomic E-state index is 11.9. The van der Waals surface area contributed by atoms with Crippen molar-refractivity contribution >= 4 is 45.0 Å². The largest absolute Gasteiger partial charge is 0.494 e. The van der Waals surface area contributed by atoms with E-state index in [-0.39, 0.29) is 0 Å². The summed E-state index contributed by atoms with van der Waals surface area (Å²) >= 11 is 4.91. The van der Waals surface area contributed by atoms with Gasteiger partial charge in [0, 0.05) is 18.1 Å². The Kier molecular flexibility index (Phi) is 7.11. The Morgan fingerprint density at radius 2 is 2.10 bits per heavy atom. The number of carbonyl (C=O) groups is 1. The van der Waals surface area contributed by atoms with Gasteiger partial charge in [0.05, 0.1) is 18.7 Å². The molecule has 0 N–H and O–H groups in total. The van der Waals surface area contributed by atoms with Crippen LogP contribution in [-0.4, -0.2) is 33.5 Å². The fraction of sp³-hybridized carbons (Fsp3) is 0.467. The Balaban J connectivity index is 3.46. The van der Waals surface area contributed by atoms with E-state index in [1.54, 1.807) is 20.4 Å². The van der Waals surface area contributed by atoms with Crippen LogP contribution in [0.25, 0.3) is 5.57 Å². The molecular formula is C15H20BrNO3S. The molecule has 116 valence electrons. The van der Waals surface area contributed by atoms with Gasteiger partial charge in [0.1, 0.15) is 0 Å². The molecule has 0 amide bonds. The second-order valence-corrected chi connectivity index (χ2v) is 6.25. The number of halogens is 1. The van der Waals surface area contributed by atoms with Crippen LogP contribution in [-0.2, 0) is 4.74 Å². The van der Waals surface area contributed by atoms with Gasteiger partial charge in [-0.3, -0.25) is 4.99 Å². The highest BCUT2D eigenvalue weighted by molar-refractivity contribution is 9.10.